The Morgan fingerprint density at radius 1 is 1.19 bits per heavy atom. The van der Waals surface area contributed by atoms with Crippen molar-refractivity contribution in [2.45, 2.75) is 26.6 Å². The molecule has 0 aliphatic rings. The van der Waals surface area contributed by atoms with Crippen molar-refractivity contribution in [3.8, 4) is 17.1 Å². The van der Waals surface area contributed by atoms with Crippen molar-refractivity contribution >= 4 is 23.2 Å². The zero-order valence-corrected chi connectivity index (χ0v) is 15.8. The fourth-order valence-corrected chi connectivity index (χ4v) is 2.80. The summed E-state index contributed by atoms with van der Waals surface area (Å²) in [6, 6.07) is 15.6. The van der Waals surface area contributed by atoms with Gasteiger partial charge in [-0.25, -0.2) is 0 Å². The predicted octanol–water partition coefficient (Wildman–Crippen LogP) is 5.13. The van der Waals surface area contributed by atoms with Gasteiger partial charge >= 0.3 is 0 Å². The van der Waals surface area contributed by atoms with Crippen molar-refractivity contribution < 1.29 is 19.1 Å². The highest BCUT2D eigenvalue weighted by atomic mass is 35.5. The molecule has 0 bridgehead atoms. The second-order valence-electron chi connectivity index (χ2n) is 6.27. The van der Waals surface area contributed by atoms with E-state index in [2.05, 4.69) is 5.32 Å². The minimum Gasteiger partial charge on any atom is -0.491 e. The van der Waals surface area contributed by atoms with Crippen molar-refractivity contribution in [1.82, 2.24) is 0 Å². The first-order valence-corrected chi connectivity index (χ1v) is 8.91. The third-order valence-corrected chi connectivity index (χ3v) is 4.10. The molecule has 1 amide bonds. The summed E-state index contributed by atoms with van der Waals surface area (Å²) in [5.41, 5.74) is 1.70. The molecule has 0 unspecified atom stereocenters. The van der Waals surface area contributed by atoms with Crippen molar-refractivity contribution in [3.63, 3.8) is 0 Å². The molecule has 0 aliphatic carbocycles. The Hall–Kier alpha value is -2.76. The third kappa shape index (κ3) is 4.70. The molecule has 5 nitrogen and oxygen atoms in total. The maximum Gasteiger partial charge on any atom is 0.255 e. The highest BCUT2D eigenvalue weighted by molar-refractivity contribution is 6.33. The molecule has 0 radical (unpaired) electrons. The van der Waals surface area contributed by atoms with Crippen molar-refractivity contribution in [3.05, 3.63) is 70.9 Å². The second-order valence-corrected chi connectivity index (χ2v) is 6.67. The first kappa shape index (κ1) is 19.0. The number of carbonyl (C=O) groups is 1. The Labute approximate surface area is 162 Å². The summed E-state index contributed by atoms with van der Waals surface area (Å²) in [4.78, 5) is 12.6. The van der Waals surface area contributed by atoms with Crippen molar-refractivity contribution in [2.75, 3.05) is 5.32 Å². The first-order valence-electron chi connectivity index (χ1n) is 8.54. The standard InChI is InChI=1S/C21H20ClNO4/c1-13(2)26-16-5-3-4-14(10-16)21(25)23-15-6-8-19(22)18(11-15)20-9-7-17(12-24)27-20/h3-11,13,24H,12H2,1-2H3,(H,23,25). The van der Waals surface area contributed by atoms with E-state index in [1.54, 1.807) is 48.5 Å². The summed E-state index contributed by atoms with van der Waals surface area (Å²) in [6.07, 6.45) is 0.0271. The number of aliphatic hydroxyl groups is 1. The van der Waals surface area contributed by atoms with Gasteiger partial charge < -0.3 is 19.6 Å². The number of benzene rings is 2. The van der Waals surface area contributed by atoms with Gasteiger partial charge in [-0.15, -0.1) is 0 Å². The lowest BCUT2D eigenvalue weighted by atomic mass is 10.1. The molecule has 0 atom stereocenters. The average molecular weight is 386 g/mol. The zero-order chi connectivity index (χ0) is 19.4. The van der Waals surface area contributed by atoms with Crippen LogP contribution in [0, 0.1) is 0 Å². The lowest BCUT2D eigenvalue weighted by Crippen LogP contribution is -2.12. The molecule has 1 heterocycles. The van der Waals surface area contributed by atoms with Crippen LogP contribution in [0.2, 0.25) is 5.02 Å². The van der Waals surface area contributed by atoms with E-state index in [4.69, 9.17) is 25.9 Å². The number of ether oxygens (including phenoxy) is 1. The molecular weight excluding hydrogens is 366 g/mol. The van der Waals surface area contributed by atoms with E-state index in [9.17, 15) is 4.79 Å². The van der Waals surface area contributed by atoms with E-state index in [1.807, 2.05) is 19.9 Å². The molecule has 3 aromatic rings. The van der Waals surface area contributed by atoms with E-state index in [-0.39, 0.29) is 18.6 Å². The van der Waals surface area contributed by atoms with E-state index in [0.717, 1.165) is 0 Å². The van der Waals surface area contributed by atoms with Crippen LogP contribution in [-0.2, 0) is 6.61 Å². The summed E-state index contributed by atoms with van der Waals surface area (Å²) >= 11 is 6.25. The summed E-state index contributed by atoms with van der Waals surface area (Å²) in [5.74, 6) is 1.35. The number of nitrogens with one attached hydrogen (secondary N) is 1. The molecule has 27 heavy (non-hydrogen) atoms. The minimum atomic E-state index is -0.257. The number of hydrogen-bond acceptors (Lipinski definition) is 4. The van der Waals surface area contributed by atoms with Gasteiger partial charge in [0.15, 0.2) is 0 Å². The second kappa shape index (κ2) is 8.29. The van der Waals surface area contributed by atoms with Crippen LogP contribution in [0.15, 0.2) is 59.0 Å². The number of aliphatic hydroxyl groups excluding tert-OH is 1. The molecule has 0 saturated heterocycles. The van der Waals surface area contributed by atoms with Crippen molar-refractivity contribution in [2.24, 2.45) is 0 Å². The Balaban J connectivity index is 1.81. The topological polar surface area (TPSA) is 71.7 Å². The molecule has 140 valence electrons. The van der Waals surface area contributed by atoms with Crippen LogP contribution in [0.4, 0.5) is 5.69 Å². The lowest BCUT2D eigenvalue weighted by molar-refractivity contribution is 0.102. The fourth-order valence-electron chi connectivity index (χ4n) is 2.59. The normalized spacial score (nSPS) is 10.9. The van der Waals surface area contributed by atoms with E-state index in [0.29, 0.717) is 39.1 Å². The molecule has 6 heteroatoms. The smallest absolute Gasteiger partial charge is 0.255 e. The van der Waals surface area contributed by atoms with Gasteiger partial charge in [0.05, 0.1) is 11.1 Å². The highest BCUT2D eigenvalue weighted by Crippen LogP contribution is 2.32. The Bertz CT molecular complexity index is 949. The van der Waals surface area contributed by atoms with Gasteiger partial charge in [-0.05, 0) is 62.4 Å². The number of furan rings is 1. The maximum atomic E-state index is 12.6. The van der Waals surface area contributed by atoms with E-state index in [1.165, 1.54) is 0 Å². The number of carbonyl (C=O) groups excluding carboxylic acids is 1. The number of hydrogen-bond donors (Lipinski definition) is 2. The summed E-state index contributed by atoms with van der Waals surface area (Å²) in [7, 11) is 0. The lowest BCUT2D eigenvalue weighted by Gasteiger charge is -2.11. The summed E-state index contributed by atoms with van der Waals surface area (Å²) in [5, 5.41) is 12.5. The number of rotatable bonds is 6. The maximum absolute atomic E-state index is 12.6. The van der Waals surface area contributed by atoms with Crippen LogP contribution in [0.25, 0.3) is 11.3 Å². The van der Waals surface area contributed by atoms with Crippen LogP contribution < -0.4 is 10.1 Å². The van der Waals surface area contributed by atoms with Crippen LogP contribution in [-0.4, -0.2) is 17.1 Å². The molecule has 0 spiro atoms. The average Bonchev–Trinajstić information content (AvgIpc) is 3.12. The monoisotopic (exact) mass is 385 g/mol. The third-order valence-electron chi connectivity index (χ3n) is 3.78. The Kier molecular flexibility index (Phi) is 5.84. The van der Waals surface area contributed by atoms with Gasteiger partial charge in [0, 0.05) is 16.8 Å². The summed E-state index contributed by atoms with van der Waals surface area (Å²) in [6.45, 7) is 3.67. The van der Waals surface area contributed by atoms with Gasteiger partial charge in [0.2, 0.25) is 0 Å². The molecular formula is C21H20ClNO4. The SMILES string of the molecule is CC(C)Oc1cccc(C(=O)Nc2ccc(Cl)c(-c3ccc(CO)o3)c2)c1. The zero-order valence-electron chi connectivity index (χ0n) is 15.0. The van der Waals surface area contributed by atoms with Crippen LogP contribution >= 0.6 is 11.6 Å². The van der Waals surface area contributed by atoms with E-state index < -0.39 is 0 Å². The summed E-state index contributed by atoms with van der Waals surface area (Å²) < 4.78 is 11.2. The number of amides is 1. The van der Waals surface area contributed by atoms with E-state index >= 15 is 0 Å². The van der Waals surface area contributed by atoms with Gasteiger partial charge in [0.25, 0.3) is 5.91 Å². The minimum absolute atomic E-state index is 0.0271. The molecule has 2 aromatic carbocycles. The van der Waals surface area contributed by atoms with Gasteiger partial charge in [0.1, 0.15) is 23.9 Å². The van der Waals surface area contributed by atoms with Crippen molar-refractivity contribution in [1.29, 1.82) is 0 Å². The van der Waals surface area contributed by atoms with Crippen LogP contribution in [0.5, 0.6) is 5.75 Å². The van der Waals surface area contributed by atoms with Gasteiger partial charge in [-0.2, -0.15) is 0 Å². The van der Waals surface area contributed by atoms with Crippen LogP contribution in [0.3, 0.4) is 0 Å². The number of halogens is 1. The molecule has 0 aliphatic heterocycles. The molecule has 2 N–H and O–H groups in total. The number of anilines is 1. The molecule has 3 rings (SSSR count). The predicted molar refractivity (Wildman–Crippen MR) is 105 cm³/mol. The Morgan fingerprint density at radius 3 is 2.70 bits per heavy atom. The highest BCUT2D eigenvalue weighted by Gasteiger charge is 2.12. The fraction of sp³-hybridized carbons (Fsp3) is 0.190. The first-order chi connectivity index (χ1) is 13.0. The van der Waals surface area contributed by atoms with Gasteiger partial charge in [-0.3, -0.25) is 4.79 Å². The quantitative estimate of drug-likeness (QED) is 0.616. The Morgan fingerprint density at radius 2 is 2.00 bits per heavy atom. The molecule has 0 fully saturated rings. The molecule has 0 saturated carbocycles. The largest absolute Gasteiger partial charge is 0.491 e. The van der Waals surface area contributed by atoms with Gasteiger partial charge in [-0.1, -0.05) is 17.7 Å². The molecule has 1 aromatic heterocycles. The van der Waals surface area contributed by atoms with Crippen LogP contribution in [0.1, 0.15) is 30.0 Å².